The Morgan fingerprint density at radius 3 is 2.34 bits per heavy atom. The van der Waals surface area contributed by atoms with Gasteiger partial charge in [-0.15, -0.1) is 0 Å². The van der Waals surface area contributed by atoms with Crippen LogP contribution >= 0.6 is 0 Å². The summed E-state index contributed by atoms with van der Waals surface area (Å²) in [5.41, 5.74) is 0.655. The van der Waals surface area contributed by atoms with Crippen LogP contribution in [-0.4, -0.2) is 48.1 Å². The Morgan fingerprint density at radius 1 is 0.969 bits per heavy atom. The molecule has 0 bridgehead atoms. The van der Waals surface area contributed by atoms with Gasteiger partial charge in [0.15, 0.2) is 0 Å². The number of nitrogens with zero attached hydrogens (tertiary/aromatic N) is 1. The summed E-state index contributed by atoms with van der Waals surface area (Å²) >= 11 is 0. The van der Waals surface area contributed by atoms with Crippen molar-refractivity contribution < 1.29 is 18.7 Å². The lowest BCUT2D eigenvalue weighted by Gasteiger charge is -2.40. The summed E-state index contributed by atoms with van der Waals surface area (Å²) in [6.07, 6.45) is 5.21. The zero-order valence-electron chi connectivity index (χ0n) is 18.2. The van der Waals surface area contributed by atoms with Crippen LogP contribution in [0.4, 0.5) is 4.39 Å². The number of benzene rings is 2. The number of carbonyl (C=O) groups excluding carboxylic acids is 2. The lowest BCUT2D eigenvalue weighted by Crippen LogP contribution is -2.50. The Kier molecular flexibility index (Phi) is 5.49. The zero-order valence-corrected chi connectivity index (χ0v) is 18.2. The third kappa shape index (κ3) is 3.92. The van der Waals surface area contributed by atoms with Gasteiger partial charge in [0.25, 0.3) is 5.91 Å². The molecule has 32 heavy (non-hydrogen) atoms. The first-order valence-electron chi connectivity index (χ1n) is 11.6. The predicted molar refractivity (Wildman–Crippen MR) is 119 cm³/mol. The van der Waals surface area contributed by atoms with Crippen molar-refractivity contribution in [1.29, 1.82) is 0 Å². The van der Waals surface area contributed by atoms with Crippen molar-refractivity contribution in [3.63, 3.8) is 0 Å². The standard InChI is InChI=1S/C26H29FN2O3/c27-22-9-5-4-8-21(22)23(30)28-18-20-10-11-25(32-20)14-16-29(17-15-25)24(31)26(12-13-26)19-6-2-1-3-7-19/h1-9,20H,10-18H2,(H,28,30)/t20-/m0/s1. The monoisotopic (exact) mass is 436 g/mol. The minimum absolute atomic E-state index is 0.0550. The van der Waals surface area contributed by atoms with Crippen molar-refractivity contribution >= 4 is 11.8 Å². The third-order valence-electron chi connectivity index (χ3n) is 7.40. The maximum Gasteiger partial charge on any atom is 0.254 e. The van der Waals surface area contributed by atoms with Gasteiger partial charge in [0.05, 0.1) is 22.7 Å². The lowest BCUT2D eigenvalue weighted by atomic mass is 9.87. The molecular formula is C26H29FN2O3. The zero-order chi connectivity index (χ0) is 22.2. The number of carbonyl (C=O) groups is 2. The van der Waals surface area contributed by atoms with Gasteiger partial charge in [-0.25, -0.2) is 4.39 Å². The average molecular weight is 437 g/mol. The van der Waals surface area contributed by atoms with Crippen molar-refractivity contribution in [2.45, 2.75) is 55.6 Å². The Balaban J connectivity index is 1.13. The summed E-state index contributed by atoms with van der Waals surface area (Å²) < 4.78 is 20.2. The second-order valence-electron chi connectivity index (χ2n) is 9.39. The first-order chi connectivity index (χ1) is 15.5. The van der Waals surface area contributed by atoms with Crippen molar-refractivity contribution in [3.05, 3.63) is 71.5 Å². The van der Waals surface area contributed by atoms with E-state index in [0.29, 0.717) is 19.6 Å². The molecule has 1 atom stereocenters. The molecule has 1 spiro atoms. The predicted octanol–water partition coefficient (Wildman–Crippen LogP) is 3.83. The van der Waals surface area contributed by atoms with Crippen molar-refractivity contribution in [3.8, 4) is 0 Å². The topological polar surface area (TPSA) is 58.6 Å². The Hall–Kier alpha value is -2.73. The van der Waals surface area contributed by atoms with Gasteiger partial charge < -0.3 is 15.0 Å². The largest absolute Gasteiger partial charge is 0.370 e. The van der Waals surface area contributed by atoms with Crippen LogP contribution in [0.15, 0.2) is 54.6 Å². The Morgan fingerprint density at radius 2 is 1.66 bits per heavy atom. The van der Waals surface area contributed by atoms with E-state index in [1.807, 2.05) is 23.1 Å². The van der Waals surface area contributed by atoms with Crippen LogP contribution in [0.3, 0.4) is 0 Å². The number of likely N-dealkylation sites (tertiary alicyclic amines) is 1. The number of ether oxygens (including phenoxy) is 1. The number of halogens is 1. The van der Waals surface area contributed by atoms with Gasteiger partial charge in [0, 0.05) is 19.6 Å². The molecule has 0 radical (unpaired) electrons. The molecule has 2 saturated heterocycles. The number of nitrogens with one attached hydrogen (secondary N) is 1. The van der Waals surface area contributed by atoms with Gasteiger partial charge in [-0.1, -0.05) is 42.5 Å². The fourth-order valence-electron chi connectivity index (χ4n) is 5.28. The molecule has 2 aromatic rings. The summed E-state index contributed by atoms with van der Waals surface area (Å²) in [4.78, 5) is 27.6. The van der Waals surface area contributed by atoms with Crippen molar-refractivity contribution in [2.24, 2.45) is 0 Å². The molecule has 1 saturated carbocycles. The van der Waals surface area contributed by atoms with E-state index in [2.05, 4.69) is 17.4 Å². The van der Waals surface area contributed by atoms with E-state index < -0.39 is 11.7 Å². The van der Waals surface area contributed by atoms with Gasteiger partial charge in [-0.3, -0.25) is 9.59 Å². The molecule has 5 rings (SSSR count). The minimum Gasteiger partial charge on any atom is -0.370 e. The molecule has 3 aliphatic rings. The van der Waals surface area contributed by atoms with Gasteiger partial charge in [0.2, 0.25) is 5.91 Å². The molecular weight excluding hydrogens is 407 g/mol. The lowest BCUT2D eigenvalue weighted by molar-refractivity contribution is -0.140. The number of amides is 2. The molecule has 5 nitrogen and oxygen atoms in total. The van der Waals surface area contributed by atoms with Crippen LogP contribution in [0.5, 0.6) is 0 Å². The summed E-state index contributed by atoms with van der Waals surface area (Å²) in [5.74, 6) is -0.677. The average Bonchev–Trinajstić information content (AvgIpc) is 3.55. The molecule has 0 unspecified atom stereocenters. The van der Waals surface area contributed by atoms with E-state index in [1.54, 1.807) is 12.1 Å². The smallest absolute Gasteiger partial charge is 0.254 e. The highest BCUT2D eigenvalue weighted by atomic mass is 19.1. The van der Waals surface area contributed by atoms with Gasteiger partial charge in [0.1, 0.15) is 5.82 Å². The molecule has 1 aliphatic carbocycles. The van der Waals surface area contributed by atoms with Crippen LogP contribution in [0.1, 0.15) is 54.4 Å². The van der Waals surface area contributed by atoms with E-state index >= 15 is 0 Å². The summed E-state index contributed by atoms with van der Waals surface area (Å²) in [7, 11) is 0. The SMILES string of the molecule is O=C(NC[C@@H]1CCC2(CCN(C(=O)C3(c4ccccc4)CC3)CC2)O1)c1ccccc1F. The molecule has 0 aromatic heterocycles. The maximum absolute atomic E-state index is 13.8. The van der Waals surface area contributed by atoms with E-state index in [0.717, 1.165) is 44.1 Å². The van der Waals surface area contributed by atoms with Crippen LogP contribution in [0, 0.1) is 5.82 Å². The van der Waals surface area contributed by atoms with E-state index in [9.17, 15) is 14.0 Å². The summed E-state index contributed by atoms with van der Waals surface area (Å²) in [6.45, 7) is 1.79. The first kappa shape index (κ1) is 21.1. The van der Waals surface area contributed by atoms with Gasteiger partial charge >= 0.3 is 0 Å². The van der Waals surface area contributed by atoms with Crippen LogP contribution in [0.2, 0.25) is 0 Å². The fourth-order valence-corrected chi connectivity index (χ4v) is 5.28. The van der Waals surface area contributed by atoms with Crippen LogP contribution in [-0.2, 0) is 14.9 Å². The normalized spacial score (nSPS) is 23.2. The quantitative estimate of drug-likeness (QED) is 0.775. The van der Waals surface area contributed by atoms with E-state index in [1.165, 1.54) is 12.1 Å². The minimum atomic E-state index is -0.519. The molecule has 2 heterocycles. The second-order valence-corrected chi connectivity index (χ2v) is 9.39. The molecule has 2 amide bonds. The Labute approximate surface area is 187 Å². The number of hydrogen-bond acceptors (Lipinski definition) is 3. The van der Waals surface area contributed by atoms with E-state index in [-0.39, 0.29) is 28.6 Å². The number of rotatable bonds is 5. The van der Waals surface area contributed by atoms with Crippen LogP contribution < -0.4 is 5.32 Å². The maximum atomic E-state index is 13.8. The molecule has 6 heteroatoms. The summed E-state index contributed by atoms with van der Waals surface area (Å²) in [6, 6.07) is 16.1. The fraction of sp³-hybridized carbons (Fsp3) is 0.462. The first-order valence-corrected chi connectivity index (χ1v) is 11.6. The highest BCUT2D eigenvalue weighted by Crippen LogP contribution is 2.50. The number of hydrogen-bond donors (Lipinski definition) is 1. The van der Waals surface area contributed by atoms with Crippen LogP contribution in [0.25, 0.3) is 0 Å². The van der Waals surface area contributed by atoms with Gasteiger partial charge in [-0.2, -0.15) is 0 Å². The number of piperidine rings is 1. The van der Waals surface area contributed by atoms with Gasteiger partial charge in [-0.05, 0) is 56.2 Å². The summed E-state index contributed by atoms with van der Waals surface area (Å²) in [5, 5.41) is 2.81. The molecule has 2 aromatic carbocycles. The van der Waals surface area contributed by atoms with Crippen molar-refractivity contribution in [2.75, 3.05) is 19.6 Å². The molecule has 168 valence electrons. The molecule has 3 fully saturated rings. The molecule has 2 aliphatic heterocycles. The van der Waals surface area contributed by atoms with E-state index in [4.69, 9.17) is 4.74 Å². The third-order valence-corrected chi connectivity index (χ3v) is 7.40. The Bertz CT molecular complexity index is 997. The highest BCUT2D eigenvalue weighted by molar-refractivity contribution is 5.94. The molecule has 1 N–H and O–H groups in total. The van der Waals surface area contributed by atoms with Crippen molar-refractivity contribution in [1.82, 2.24) is 10.2 Å². The highest BCUT2D eigenvalue weighted by Gasteiger charge is 2.54. The second kappa shape index (κ2) is 8.32.